The minimum absolute atomic E-state index is 0.115. The van der Waals surface area contributed by atoms with Crippen LogP contribution in [0.5, 0.6) is 5.75 Å². The summed E-state index contributed by atoms with van der Waals surface area (Å²) in [5.41, 5.74) is 0.804. The molecule has 0 atom stereocenters. The lowest BCUT2D eigenvalue weighted by Crippen LogP contribution is -2.13. The van der Waals surface area contributed by atoms with Gasteiger partial charge in [-0.3, -0.25) is 4.79 Å². The van der Waals surface area contributed by atoms with E-state index in [2.05, 4.69) is 5.32 Å². The van der Waals surface area contributed by atoms with Crippen LogP contribution in [0, 0.1) is 11.3 Å². The molecule has 128 valence electrons. The molecular weight excluding hydrogens is 383 g/mol. The highest BCUT2D eigenvalue weighted by Crippen LogP contribution is 2.35. The van der Waals surface area contributed by atoms with Crippen molar-refractivity contribution in [2.24, 2.45) is 0 Å². The van der Waals surface area contributed by atoms with E-state index in [9.17, 15) is 10.1 Å². The predicted octanol–water partition coefficient (Wildman–Crippen LogP) is 5.59. The molecular formula is C18H13Cl3N2O2. The van der Waals surface area contributed by atoms with Gasteiger partial charge in [0.25, 0.3) is 5.91 Å². The number of carbonyl (C=O) groups excluding carboxylic acids is 1. The molecule has 0 heterocycles. The van der Waals surface area contributed by atoms with Gasteiger partial charge in [-0.1, -0.05) is 46.9 Å². The van der Waals surface area contributed by atoms with Crippen molar-refractivity contribution in [2.45, 2.75) is 6.92 Å². The standard InChI is InChI=1S/C18H13Cl3N2O2/c1-2-25-17-14(20)8-11(9-15(17)21)7-12(10-22)18(24)23-16-6-4-3-5-13(16)19/h3-9H,2H2,1H3,(H,23,24)/b12-7+. The first-order valence-electron chi connectivity index (χ1n) is 7.25. The average Bonchev–Trinajstić information content (AvgIpc) is 2.58. The molecule has 4 nitrogen and oxygen atoms in total. The lowest BCUT2D eigenvalue weighted by atomic mass is 10.1. The second-order valence-corrected chi connectivity index (χ2v) is 6.07. The Hall–Kier alpha value is -2.19. The molecule has 0 spiro atoms. The van der Waals surface area contributed by atoms with E-state index in [4.69, 9.17) is 39.5 Å². The van der Waals surface area contributed by atoms with Gasteiger partial charge in [0.05, 0.1) is 27.4 Å². The van der Waals surface area contributed by atoms with Crippen LogP contribution in [0.2, 0.25) is 15.1 Å². The Balaban J connectivity index is 2.30. The Morgan fingerprint density at radius 1 is 1.20 bits per heavy atom. The maximum atomic E-state index is 12.3. The zero-order valence-electron chi connectivity index (χ0n) is 13.1. The Kier molecular flexibility index (Phi) is 6.72. The highest BCUT2D eigenvalue weighted by Gasteiger charge is 2.13. The molecule has 25 heavy (non-hydrogen) atoms. The van der Waals surface area contributed by atoms with Crippen molar-refractivity contribution in [3.8, 4) is 11.8 Å². The van der Waals surface area contributed by atoms with Gasteiger partial charge in [-0.2, -0.15) is 5.26 Å². The van der Waals surface area contributed by atoms with Crippen LogP contribution in [0.15, 0.2) is 42.0 Å². The number of amides is 1. The predicted molar refractivity (Wildman–Crippen MR) is 101 cm³/mol. The molecule has 2 rings (SSSR count). The first kappa shape index (κ1) is 19.1. The highest BCUT2D eigenvalue weighted by atomic mass is 35.5. The molecule has 0 unspecified atom stereocenters. The Bertz CT molecular complexity index is 850. The molecule has 1 amide bonds. The van der Waals surface area contributed by atoms with E-state index in [0.717, 1.165) is 0 Å². The fourth-order valence-corrected chi connectivity index (χ4v) is 2.81. The minimum Gasteiger partial charge on any atom is -0.491 e. The van der Waals surface area contributed by atoms with Crippen LogP contribution in [0.25, 0.3) is 6.08 Å². The SMILES string of the molecule is CCOc1c(Cl)cc(/C=C(\C#N)C(=O)Nc2ccccc2Cl)cc1Cl. The smallest absolute Gasteiger partial charge is 0.266 e. The number of hydrogen-bond donors (Lipinski definition) is 1. The largest absolute Gasteiger partial charge is 0.491 e. The number of para-hydroxylation sites is 1. The molecule has 0 aliphatic carbocycles. The van der Waals surface area contributed by atoms with Gasteiger partial charge in [-0.25, -0.2) is 0 Å². The average molecular weight is 396 g/mol. The summed E-state index contributed by atoms with van der Waals surface area (Å²) < 4.78 is 5.35. The summed E-state index contributed by atoms with van der Waals surface area (Å²) in [5.74, 6) is -0.223. The summed E-state index contributed by atoms with van der Waals surface area (Å²) >= 11 is 18.3. The van der Waals surface area contributed by atoms with Crippen molar-refractivity contribution in [3.05, 3.63) is 62.6 Å². The lowest BCUT2D eigenvalue weighted by molar-refractivity contribution is -0.112. The number of halogens is 3. The van der Waals surface area contributed by atoms with Crippen molar-refractivity contribution in [3.63, 3.8) is 0 Å². The van der Waals surface area contributed by atoms with Crippen molar-refractivity contribution >= 4 is 52.5 Å². The van der Waals surface area contributed by atoms with Crippen molar-refractivity contribution in [1.82, 2.24) is 0 Å². The summed E-state index contributed by atoms with van der Waals surface area (Å²) in [6.45, 7) is 2.23. The molecule has 0 saturated heterocycles. The van der Waals surface area contributed by atoms with Crippen molar-refractivity contribution in [2.75, 3.05) is 11.9 Å². The molecule has 0 fully saturated rings. The first-order chi connectivity index (χ1) is 12.0. The van der Waals surface area contributed by atoms with Gasteiger partial charge in [-0.05, 0) is 42.8 Å². The van der Waals surface area contributed by atoms with Gasteiger partial charge in [0.15, 0.2) is 5.75 Å². The Morgan fingerprint density at radius 3 is 2.40 bits per heavy atom. The molecule has 0 saturated carbocycles. The van der Waals surface area contributed by atoms with Crippen LogP contribution in [0.4, 0.5) is 5.69 Å². The number of rotatable bonds is 5. The molecule has 0 radical (unpaired) electrons. The number of benzene rings is 2. The minimum atomic E-state index is -0.586. The topological polar surface area (TPSA) is 62.1 Å². The van der Waals surface area contributed by atoms with Crippen LogP contribution < -0.4 is 10.1 Å². The van der Waals surface area contributed by atoms with E-state index < -0.39 is 5.91 Å². The summed E-state index contributed by atoms with van der Waals surface area (Å²) in [5, 5.41) is 12.8. The van der Waals surface area contributed by atoms with Gasteiger partial charge in [0, 0.05) is 0 Å². The van der Waals surface area contributed by atoms with Crippen LogP contribution in [0.1, 0.15) is 12.5 Å². The second-order valence-electron chi connectivity index (χ2n) is 4.85. The third-order valence-corrected chi connectivity index (χ3v) is 4.00. The van der Waals surface area contributed by atoms with E-state index in [0.29, 0.717) is 38.7 Å². The number of ether oxygens (including phenoxy) is 1. The van der Waals surface area contributed by atoms with E-state index in [-0.39, 0.29) is 5.57 Å². The molecule has 7 heteroatoms. The highest BCUT2D eigenvalue weighted by molar-refractivity contribution is 6.37. The third-order valence-electron chi connectivity index (χ3n) is 3.11. The molecule has 0 bridgehead atoms. The normalized spacial score (nSPS) is 10.9. The molecule has 2 aromatic carbocycles. The van der Waals surface area contributed by atoms with Gasteiger partial charge in [0.1, 0.15) is 11.6 Å². The molecule has 0 aliphatic rings. The van der Waals surface area contributed by atoms with Crippen LogP contribution in [0.3, 0.4) is 0 Å². The second kappa shape index (κ2) is 8.77. The van der Waals surface area contributed by atoms with Gasteiger partial charge < -0.3 is 10.1 Å². The maximum Gasteiger partial charge on any atom is 0.266 e. The van der Waals surface area contributed by atoms with E-state index >= 15 is 0 Å². The third kappa shape index (κ3) is 4.90. The molecule has 2 aromatic rings. The van der Waals surface area contributed by atoms with Gasteiger partial charge >= 0.3 is 0 Å². The summed E-state index contributed by atoms with van der Waals surface area (Å²) in [6, 6.07) is 11.7. The quantitative estimate of drug-likeness (QED) is 0.530. The van der Waals surface area contributed by atoms with Crippen LogP contribution in [-0.2, 0) is 4.79 Å². The van der Waals surface area contributed by atoms with E-state index in [1.165, 1.54) is 6.08 Å². The first-order valence-corrected chi connectivity index (χ1v) is 8.39. The fraction of sp³-hybridized carbons (Fsp3) is 0.111. The van der Waals surface area contributed by atoms with E-state index in [1.54, 1.807) is 36.4 Å². The summed E-state index contributed by atoms with van der Waals surface area (Å²) in [6.07, 6.45) is 1.39. The zero-order valence-corrected chi connectivity index (χ0v) is 15.4. The molecule has 0 aromatic heterocycles. The van der Waals surface area contributed by atoms with Crippen LogP contribution >= 0.6 is 34.8 Å². The van der Waals surface area contributed by atoms with Crippen LogP contribution in [-0.4, -0.2) is 12.5 Å². The Morgan fingerprint density at radius 2 is 1.84 bits per heavy atom. The fourth-order valence-electron chi connectivity index (χ4n) is 2.01. The van der Waals surface area contributed by atoms with Crippen molar-refractivity contribution < 1.29 is 9.53 Å². The number of nitriles is 1. The van der Waals surface area contributed by atoms with Gasteiger partial charge in [0.2, 0.25) is 0 Å². The molecule has 0 aliphatic heterocycles. The monoisotopic (exact) mass is 394 g/mol. The van der Waals surface area contributed by atoms with Crippen molar-refractivity contribution in [1.29, 1.82) is 5.26 Å². The number of carbonyl (C=O) groups is 1. The maximum absolute atomic E-state index is 12.3. The Labute approximate surface area is 160 Å². The number of anilines is 1. The molecule has 1 N–H and O–H groups in total. The number of nitrogens with one attached hydrogen (secondary N) is 1. The zero-order chi connectivity index (χ0) is 18.4. The lowest BCUT2D eigenvalue weighted by Gasteiger charge is -2.09. The van der Waals surface area contributed by atoms with E-state index in [1.807, 2.05) is 13.0 Å². The number of nitrogens with zero attached hydrogens (tertiary/aromatic N) is 1. The summed E-state index contributed by atoms with van der Waals surface area (Å²) in [7, 11) is 0. The number of hydrogen-bond acceptors (Lipinski definition) is 3. The van der Waals surface area contributed by atoms with Gasteiger partial charge in [-0.15, -0.1) is 0 Å². The summed E-state index contributed by atoms with van der Waals surface area (Å²) in [4.78, 5) is 12.3.